The van der Waals surface area contributed by atoms with Crippen LogP contribution in [0, 0.1) is 5.92 Å². The number of phenolic OH excluding ortho intramolecular Hbond substituents is 1. The zero-order chi connectivity index (χ0) is 24.4. The van der Waals surface area contributed by atoms with Crippen molar-refractivity contribution in [3.05, 3.63) is 65.7 Å². The van der Waals surface area contributed by atoms with Crippen molar-refractivity contribution in [2.75, 3.05) is 12.4 Å². The van der Waals surface area contributed by atoms with E-state index in [1.807, 2.05) is 6.92 Å². The Kier molecular flexibility index (Phi) is 9.44. The zero-order valence-corrected chi connectivity index (χ0v) is 18.7. The minimum atomic E-state index is -0.710. The SMILES string of the molecule is COc1ccc([C@@H](OC(=O)Nc2ccc(C(C)=O)cc2)[C@@H](C)CC/C=C/C(=O)NO)cc1O. The number of carbonyl (C=O) groups is 3. The monoisotopic (exact) mass is 456 g/mol. The first kappa shape index (κ1) is 25.4. The van der Waals surface area contributed by atoms with Crippen LogP contribution in [0.1, 0.15) is 48.7 Å². The van der Waals surface area contributed by atoms with Crippen LogP contribution in [-0.4, -0.2) is 35.2 Å². The predicted octanol–water partition coefficient (Wildman–Crippen LogP) is 4.37. The predicted molar refractivity (Wildman–Crippen MR) is 121 cm³/mol. The average Bonchev–Trinajstić information content (AvgIpc) is 2.80. The van der Waals surface area contributed by atoms with Crippen LogP contribution < -0.4 is 15.5 Å². The molecule has 2 atom stereocenters. The number of nitrogens with one attached hydrogen (secondary N) is 2. The van der Waals surface area contributed by atoms with E-state index in [1.165, 1.54) is 31.7 Å². The molecule has 0 aliphatic carbocycles. The number of ether oxygens (including phenoxy) is 2. The van der Waals surface area contributed by atoms with Gasteiger partial charge in [-0.2, -0.15) is 0 Å². The van der Waals surface area contributed by atoms with E-state index in [0.29, 0.717) is 29.7 Å². The Morgan fingerprint density at radius 1 is 1.12 bits per heavy atom. The molecule has 0 aliphatic heterocycles. The first-order chi connectivity index (χ1) is 15.7. The summed E-state index contributed by atoms with van der Waals surface area (Å²) in [6, 6.07) is 11.2. The molecule has 0 saturated heterocycles. The van der Waals surface area contributed by atoms with Crippen LogP contribution in [-0.2, 0) is 9.53 Å². The average molecular weight is 456 g/mol. The molecule has 2 rings (SSSR count). The van der Waals surface area contributed by atoms with Crippen molar-refractivity contribution in [3.8, 4) is 11.5 Å². The molecule has 9 heteroatoms. The molecule has 0 fully saturated rings. The number of anilines is 1. The molecule has 33 heavy (non-hydrogen) atoms. The molecule has 2 aromatic rings. The van der Waals surface area contributed by atoms with Crippen molar-refractivity contribution < 1.29 is 34.2 Å². The Morgan fingerprint density at radius 3 is 2.39 bits per heavy atom. The van der Waals surface area contributed by atoms with Gasteiger partial charge in [-0.15, -0.1) is 0 Å². The van der Waals surface area contributed by atoms with Gasteiger partial charge in [0.15, 0.2) is 17.3 Å². The second kappa shape index (κ2) is 12.3. The summed E-state index contributed by atoms with van der Waals surface area (Å²) in [7, 11) is 1.44. The summed E-state index contributed by atoms with van der Waals surface area (Å²) in [4.78, 5) is 35.1. The summed E-state index contributed by atoms with van der Waals surface area (Å²) in [5, 5.41) is 21.4. The lowest BCUT2D eigenvalue weighted by atomic mass is 9.92. The maximum atomic E-state index is 12.6. The fraction of sp³-hybridized carbons (Fsp3) is 0.292. The lowest BCUT2D eigenvalue weighted by Crippen LogP contribution is -2.22. The fourth-order valence-electron chi connectivity index (χ4n) is 3.19. The topological polar surface area (TPSA) is 134 Å². The van der Waals surface area contributed by atoms with Gasteiger partial charge in [-0.3, -0.25) is 20.1 Å². The van der Waals surface area contributed by atoms with Gasteiger partial charge >= 0.3 is 6.09 Å². The Hall–Kier alpha value is -3.85. The quantitative estimate of drug-likeness (QED) is 0.180. The van der Waals surface area contributed by atoms with Gasteiger partial charge in [-0.05, 0) is 67.6 Å². The summed E-state index contributed by atoms with van der Waals surface area (Å²) in [5.74, 6) is -0.701. The molecular formula is C24H28N2O7. The van der Waals surface area contributed by atoms with Crippen molar-refractivity contribution in [3.63, 3.8) is 0 Å². The highest BCUT2D eigenvalue weighted by atomic mass is 16.6. The number of Topliss-reactive ketones (excluding diaryl/α,β-unsaturated/α-hetero) is 1. The summed E-state index contributed by atoms with van der Waals surface area (Å²) in [6.45, 7) is 3.33. The van der Waals surface area contributed by atoms with Gasteiger partial charge in [-0.25, -0.2) is 10.3 Å². The summed E-state index contributed by atoms with van der Waals surface area (Å²) < 4.78 is 10.8. The van der Waals surface area contributed by atoms with Gasteiger partial charge in [0.05, 0.1) is 7.11 Å². The minimum absolute atomic E-state index is 0.0807. The summed E-state index contributed by atoms with van der Waals surface area (Å²) in [5.41, 5.74) is 3.08. The number of methoxy groups -OCH3 is 1. The molecule has 0 spiro atoms. The van der Waals surface area contributed by atoms with Gasteiger partial charge in [0.25, 0.3) is 5.91 Å². The molecule has 4 N–H and O–H groups in total. The van der Waals surface area contributed by atoms with E-state index in [4.69, 9.17) is 14.7 Å². The van der Waals surface area contributed by atoms with Crippen LogP contribution in [0.5, 0.6) is 11.5 Å². The number of benzene rings is 2. The van der Waals surface area contributed by atoms with Gasteiger partial charge < -0.3 is 14.6 Å². The number of phenols is 1. The van der Waals surface area contributed by atoms with Crippen LogP contribution in [0.2, 0.25) is 0 Å². The van der Waals surface area contributed by atoms with Crippen LogP contribution in [0.15, 0.2) is 54.6 Å². The maximum Gasteiger partial charge on any atom is 0.412 e. The first-order valence-corrected chi connectivity index (χ1v) is 10.3. The maximum absolute atomic E-state index is 12.6. The number of hydroxylamine groups is 1. The lowest BCUT2D eigenvalue weighted by Gasteiger charge is -2.25. The number of carbonyl (C=O) groups excluding carboxylic acids is 3. The fourth-order valence-corrected chi connectivity index (χ4v) is 3.19. The first-order valence-electron chi connectivity index (χ1n) is 10.3. The molecule has 2 amide bonds. The normalized spacial score (nSPS) is 12.6. The Morgan fingerprint density at radius 2 is 1.82 bits per heavy atom. The number of amides is 2. The molecule has 0 aliphatic rings. The van der Waals surface area contributed by atoms with Crippen LogP contribution in [0.25, 0.3) is 0 Å². The standard InChI is InChI=1S/C24H28N2O7/c1-15(6-4-5-7-22(29)26-31)23(18-10-13-21(32-3)20(28)14-18)33-24(30)25-19-11-8-17(9-12-19)16(2)27/h5,7-15,23,28,31H,4,6H2,1-3H3,(H,25,30)(H,26,29)/b7-5+/t15-,23-/m0/s1. The third-order valence-electron chi connectivity index (χ3n) is 4.99. The summed E-state index contributed by atoms with van der Waals surface area (Å²) >= 11 is 0. The number of hydrogen-bond donors (Lipinski definition) is 4. The van der Waals surface area contributed by atoms with Gasteiger partial charge in [-0.1, -0.05) is 19.1 Å². The molecule has 9 nitrogen and oxygen atoms in total. The van der Waals surface area contributed by atoms with Gasteiger partial charge in [0, 0.05) is 17.3 Å². The van der Waals surface area contributed by atoms with E-state index < -0.39 is 18.1 Å². The second-order valence-corrected chi connectivity index (χ2v) is 7.45. The number of ketones is 1. The molecular weight excluding hydrogens is 428 g/mol. The van der Waals surface area contributed by atoms with Gasteiger partial charge in [0.1, 0.15) is 6.10 Å². The molecule has 176 valence electrons. The van der Waals surface area contributed by atoms with E-state index in [1.54, 1.807) is 42.5 Å². The molecule has 0 radical (unpaired) electrons. The van der Waals surface area contributed by atoms with Crippen molar-refractivity contribution in [1.29, 1.82) is 0 Å². The number of rotatable bonds is 10. The van der Waals surface area contributed by atoms with Crippen LogP contribution >= 0.6 is 0 Å². The lowest BCUT2D eigenvalue weighted by molar-refractivity contribution is -0.124. The highest BCUT2D eigenvalue weighted by molar-refractivity contribution is 5.95. The van der Waals surface area contributed by atoms with E-state index in [9.17, 15) is 19.5 Å². The van der Waals surface area contributed by atoms with E-state index in [-0.39, 0.29) is 23.2 Å². The third kappa shape index (κ3) is 7.65. The van der Waals surface area contributed by atoms with E-state index in [2.05, 4.69) is 5.32 Å². The van der Waals surface area contributed by atoms with Crippen molar-refractivity contribution >= 4 is 23.5 Å². The van der Waals surface area contributed by atoms with Crippen molar-refractivity contribution in [2.45, 2.75) is 32.8 Å². The Balaban J connectivity index is 2.16. The highest BCUT2D eigenvalue weighted by Crippen LogP contribution is 2.35. The number of allylic oxidation sites excluding steroid dienone is 1. The van der Waals surface area contributed by atoms with Crippen molar-refractivity contribution in [1.82, 2.24) is 5.48 Å². The smallest absolute Gasteiger partial charge is 0.412 e. The second-order valence-electron chi connectivity index (χ2n) is 7.45. The van der Waals surface area contributed by atoms with Crippen LogP contribution in [0.3, 0.4) is 0 Å². The minimum Gasteiger partial charge on any atom is -0.504 e. The van der Waals surface area contributed by atoms with E-state index in [0.717, 1.165) is 0 Å². The van der Waals surface area contributed by atoms with Crippen molar-refractivity contribution in [2.24, 2.45) is 5.92 Å². The molecule has 0 unspecified atom stereocenters. The molecule has 2 aromatic carbocycles. The largest absolute Gasteiger partial charge is 0.504 e. The zero-order valence-electron chi connectivity index (χ0n) is 18.7. The molecule has 0 bridgehead atoms. The summed E-state index contributed by atoms with van der Waals surface area (Å²) in [6.07, 6.45) is 2.43. The molecule has 0 aromatic heterocycles. The molecule has 0 saturated carbocycles. The highest BCUT2D eigenvalue weighted by Gasteiger charge is 2.24. The molecule has 0 heterocycles. The van der Waals surface area contributed by atoms with E-state index >= 15 is 0 Å². The van der Waals surface area contributed by atoms with Gasteiger partial charge in [0.2, 0.25) is 0 Å². The Bertz CT molecular complexity index is 1000. The Labute approximate surface area is 192 Å². The number of aromatic hydroxyl groups is 1. The number of hydrogen-bond acceptors (Lipinski definition) is 7. The van der Waals surface area contributed by atoms with Crippen LogP contribution in [0.4, 0.5) is 10.5 Å². The third-order valence-corrected chi connectivity index (χ3v) is 4.99.